The molecule has 0 spiro atoms. The standard InChI is InChI=1S/C11H14F3NO2/c1-16-4-5-17-3-2-15-11-7-9(13)8(12)6-10(11)14/h6-7,15H,2-5H2,1H3. The number of anilines is 1. The van der Waals surface area contributed by atoms with Crippen molar-refractivity contribution in [3.8, 4) is 0 Å². The van der Waals surface area contributed by atoms with E-state index in [4.69, 9.17) is 9.47 Å². The van der Waals surface area contributed by atoms with Gasteiger partial charge in [0.1, 0.15) is 5.82 Å². The molecule has 0 atom stereocenters. The molecule has 0 amide bonds. The second-order valence-corrected chi connectivity index (χ2v) is 3.28. The van der Waals surface area contributed by atoms with Gasteiger partial charge >= 0.3 is 0 Å². The molecule has 3 nitrogen and oxygen atoms in total. The number of hydrogen-bond donors (Lipinski definition) is 1. The van der Waals surface area contributed by atoms with Crippen LogP contribution in [0.2, 0.25) is 0 Å². The van der Waals surface area contributed by atoms with Crippen molar-refractivity contribution < 1.29 is 22.6 Å². The lowest BCUT2D eigenvalue weighted by molar-refractivity contribution is 0.0759. The van der Waals surface area contributed by atoms with E-state index in [9.17, 15) is 13.2 Å². The van der Waals surface area contributed by atoms with Gasteiger partial charge in [0, 0.05) is 25.8 Å². The van der Waals surface area contributed by atoms with Gasteiger partial charge in [-0.3, -0.25) is 0 Å². The first-order valence-electron chi connectivity index (χ1n) is 5.10. The van der Waals surface area contributed by atoms with Gasteiger partial charge in [-0.2, -0.15) is 0 Å². The number of halogens is 3. The maximum Gasteiger partial charge on any atom is 0.161 e. The maximum atomic E-state index is 13.1. The fourth-order valence-corrected chi connectivity index (χ4v) is 1.16. The van der Waals surface area contributed by atoms with Crippen molar-refractivity contribution in [2.24, 2.45) is 0 Å². The molecule has 1 N–H and O–H groups in total. The van der Waals surface area contributed by atoms with Crippen molar-refractivity contribution in [3.63, 3.8) is 0 Å². The molecule has 0 bridgehead atoms. The average Bonchev–Trinajstić information content (AvgIpc) is 2.30. The molecule has 0 aromatic heterocycles. The zero-order valence-electron chi connectivity index (χ0n) is 9.43. The number of nitrogens with one attached hydrogen (secondary N) is 1. The lowest BCUT2D eigenvalue weighted by Gasteiger charge is -2.08. The number of hydrogen-bond acceptors (Lipinski definition) is 3. The normalized spacial score (nSPS) is 10.6. The van der Waals surface area contributed by atoms with Crippen LogP contribution in [0.25, 0.3) is 0 Å². The smallest absolute Gasteiger partial charge is 0.161 e. The molecular formula is C11H14F3NO2. The quantitative estimate of drug-likeness (QED) is 0.593. The van der Waals surface area contributed by atoms with Crippen molar-refractivity contribution in [1.29, 1.82) is 0 Å². The van der Waals surface area contributed by atoms with Crippen LogP contribution < -0.4 is 5.32 Å². The lowest BCUT2D eigenvalue weighted by Crippen LogP contribution is -2.13. The van der Waals surface area contributed by atoms with Crippen LogP contribution in [0.5, 0.6) is 0 Å². The van der Waals surface area contributed by atoms with E-state index in [0.717, 1.165) is 6.07 Å². The van der Waals surface area contributed by atoms with E-state index in [-0.39, 0.29) is 5.69 Å². The Bertz CT molecular complexity index is 361. The highest BCUT2D eigenvalue weighted by molar-refractivity contribution is 5.45. The van der Waals surface area contributed by atoms with Crippen molar-refractivity contribution in [2.45, 2.75) is 0 Å². The summed E-state index contributed by atoms with van der Waals surface area (Å²) in [4.78, 5) is 0. The van der Waals surface area contributed by atoms with Crippen LogP contribution in [-0.2, 0) is 9.47 Å². The number of ether oxygens (including phenoxy) is 2. The van der Waals surface area contributed by atoms with Crippen LogP contribution >= 0.6 is 0 Å². The van der Waals surface area contributed by atoms with Crippen molar-refractivity contribution in [1.82, 2.24) is 0 Å². The summed E-state index contributed by atoms with van der Waals surface area (Å²) in [5.74, 6) is -3.13. The first-order chi connectivity index (χ1) is 8.15. The van der Waals surface area contributed by atoms with E-state index in [1.165, 1.54) is 0 Å². The number of methoxy groups -OCH3 is 1. The third-order valence-electron chi connectivity index (χ3n) is 2.00. The molecular weight excluding hydrogens is 235 g/mol. The van der Waals surface area contributed by atoms with Crippen LogP contribution in [0, 0.1) is 17.5 Å². The minimum absolute atomic E-state index is 0.0840. The van der Waals surface area contributed by atoms with Gasteiger partial charge in [-0.1, -0.05) is 0 Å². The molecule has 17 heavy (non-hydrogen) atoms. The molecule has 0 fully saturated rings. The third kappa shape index (κ3) is 4.62. The van der Waals surface area contributed by atoms with Gasteiger partial charge in [0.25, 0.3) is 0 Å². The van der Waals surface area contributed by atoms with Crippen molar-refractivity contribution >= 4 is 5.69 Å². The Morgan fingerprint density at radius 1 is 1.00 bits per heavy atom. The SMILES string of the molecule is COCCOCCNc1cc(F)c(F)cc1F. The largest absolute Gasteiger partial charge is 0.382 e. The van der Waals surface area contributed by atoms with Crippen LogP contribution in [0.4, 0.5) is 18.9 Å². The summed E-state index contributed by atoms with van der Waals surface area (Å²) in [5, 5.41) is 2.61. The average molecular weight is 249 g/mol. The van der Waals surface area contributed by atoms with Gasteiger partial charge in [0.05, 0.1) is 25.5 Å². The molecule has 0 heterocycles. The Morgan fingerprint density at radius 3 is 2.41 bits per heavy atom. The molecule has 0 aliphatic carbocycles. The molecule has 1 aromatic rings. The second-order valence-electron chi connectivity index (χ2n) is 3.28. The fourth-order valence-electron chi connectivity index (χ4n) is 1.16. The topological polar surface area (TPSA) is 30.5 Å². The van der Waals surface area contributed by atoms with Crippen molar-refractivity contribution in [2.75, 3.05) is 38.8 Å². The highest BCUT2D eigenvalue weighted by atomic mass is 19.2. The van der Waals surface area contributed by atoms with E-state index in [1.54, 1.807) is 7.11 Å². The van der Waals surface area contributed by atoms with E-state index in [1.807, 2.05) is 0 Å². The van der Waals surface area contributed by atoms with Gasteiger partial charge in [0.2, 0.25) is 0 Å². The van der Waals surface area contributed by atoms with Crippen LogP contribution in [0.15, 0.2) is 12.1 Å². The molecule has 0 aliphatic rings. The third-order valence-corrected chi connectivity index (χ3v) is 2.00. The van der Waals surface area contributed by atoms with Gasteiger partial charge in [0.15, 0.2) is 11.6 Å². The molecule has 96 valence electrons. The van der Waals surface area contributed by atoms with Gasteiger partial charge < -0.3 is 14.8 Å². The summed E-state index contributed by atoms with van der Waals surface area (Å²) in [6.07, 6.45) is 0. The summed E-state index contributed by atoms with van der Waals surface area (Å²) in [6.45, 7) is 1.52. The Kier molecular flexibility index (Phi) is 5.79. The van der Waals surface area contributed by atoms with Gasteiger partial charge in [-0.25, -0.2) is 13.2 Å². The number of benzene rings is 1. The summed E-state index contributed by atoms with van der Waals surface area (Å²) in [5.41, 5.74) is -0.0840. The highest BCUT2D eigenvalue weighted by Gasteiger charge is 2.08. The Labute approximate surface area is 97.5 Å². The Balaban J connectivity index is 2.34. The van der Waals surface area contributed by atoms with Crippen LogP contribution in [0.1, 0.15) is 0 Å². The summed E-state index contributed by atoms with van der Waals surface area (Å²) in [6, 6.07) is 1.28. The minimum Gasteiger partial charge on any atom is -0.382 e. The van der Waals surface area contributed by atoms with Crippen LogP contribution in [0.3, 0.4) is 0 Å². The first kappa shape index (κ1) is 13.8. The molecule has 1 rings (SSSR count). The van der Waals surface area contributed by atoms with E-state index in [2.05, 4.69) is 5.32 Å². The lowest BCUT2D eigenvalue weighted by atomic mass is 10.3. The van der Waals surface area contributed by atoms with E-state index in [0.29, 0.717) is 32.4 Å². The monoisotopic (exact) mass is 249 g/mol. The molecule has 0 aliphatic heterocycles. The molecule has 0 unspecified atom stereocenters. The second kappa shape index (κ2) is 7.13. The Morgan fingerprint density at radius 2 is 1.71 bits per heavy atom. The minimum atomic E-state index is -1.20. The molecule has 0 saturated carbocycles. The Hall–Kier alpha value is -1.27. The van der Waals surface area contributed by atoms with E-state index < -0.39 is 17.5 Å². The predicted octanol–water partition coefficient (Wildman–Crippen LogP) is 2.18. The zero-order chi connectivity index (χ0) is 12.7. The molecule has 1 aromatic carbocycles. The summed E-state index contributed by atoms with van der Waals surface area (Å²) < 4.78 is 48.4. The summed E-state index contributed by atoms with van der Waals surface area (Å²) >= 11 is 0. The number of rotatable bonds is 7. The van der Waals surface area contributed by atoms with Gasteiger partial charge in [-0.15, -0.1) is 0 Å². The van der Waals surface area contributed by atoms with E-state index >= 15 is 0 Å². The maximum absolute atomic E-state index is 13.1. The van der Waals surface area contributed by atoms with Gasteiger partial charge in [-0.05, 0) is 0 Å². The summed E-state index contributed by atoms with van der Waals surface area (Å²) in [7, 11) is 1.55. The molecule has 0 saturated heterocycles. The molecule has 0 radical (unpaired) electrons. The zero-order valence-corrected chi connectivity index (χ0v) is 9.43. The highest BCUT2D eigenvalue weighted by Crippen LogP contribution is 2.17. The predicted molar refractivity (Wildman–Crippen MR) is 57.5 cm³/mol. The fraction of sp³-hybridized carbons (Fsp3) is 0.455. The molecule has 6 heteroatoms. The van der Waals surface area contributed by atoms with Crippen LogP contribution in [-0.4, -0.2) is 33.5 Å². The van der Waals surface area contributed by atoms with Crippen molar-refractivity contribution in [3.05, 3.63) is 29.6 Å². The first-order valence-corrected chi connectivity index (χ1v) is 5.10.